The first-order valence-electron chi connectivity index (χ1n) is 9.13. The molecule has 6 heteroatoms. The summed E-state index contributed by atoms with van der Waals surface area (Å²) in [4.78, 5) is 27.2. The number of nitrogen functional groups attached to an aromatic ring is 1. The summed E-state index contributed by atoms with van der Waals surface area (Å²) < 4.78 is 0. The molecule has 0 saturated heterocycles. The SMILES string of the molecule is Nc1ccccc1NC(=O)CCCCCNC(=O)c1ccc2cc[nH]c2c1. The van der Waals surface area contributed by atoms with E-state index in [2.05, 4.69) is 15.6 Å². The molecule has 0 spiro atoms. The number of H-pyrrole nitrogens is 1. The second kappa shape index (κ2) is 8.89. The summed E-state index contributed by atoms with van der Waals surface area (Å²) in [6, 6.07) is 14.8. The standard InChI is InChI=1S/C21H24N4O2/c22-17-6-3-4-7-18(17)25-20(26)8-2-1-5-12-24-21(27)16-10-9-15-11-13-23-19(15)14-16/h3-4,6-7,9-11,13-14,23H,1-2,5,8,12,22H2,(H,24,27)(H,25,26). The average molecular weight is 364 g/mol. The number of rotatable bonds is 8. The van der Waals surface area contributed by atoms with Crippen molar-refractivity contribution in [1.82, 2.24) is 10.3 Å². The summed E-state index contributed by atoms with van der Waals surface area (Å²) in [7, 11) is 0. The molecular weight excluding hydrogens is 340 g/mol. The molecule has 0 atom stereocenters. The van der Waals surface area contributed by atoms with Gasteiger partial charge in [0.25, 0.3) is 5.91 Å². The molecule has 3 aromatic rings. The maximum Gasteiger partial charge on any atom is 0.251 e. The van der Waals surface area contributed by atoms with E-state index in [1.54, 1.807) is 12.1 Å². The van der Waals surface area contributed by atoms with E-state index >= 15 is 0 Å². The van der Waals surface area contributed by atoms with Gasteiger partial charge >= 0.3 is 0 Å². The van der Waals surface area contributed by atoms with Gasteiger partial charge in [0, 0.05) is 30.2 Å². The monoisotopic (exact) mass is 364 g/mol. The van der Waals surface area contributed by atoms with Crippen LogP contribution in [-0.2, 0) is 4.79 Å². The molecule has 0 saturated carbocycles. The topological polar surface area (TPSA) is 100 Å². The van der Waals surface area contributed by atoms with Crippen molar-refractivity contribution in [2.75, 3.05) is 17.6 Å². The lowest BCUT2D eigenvalue weighted by Gasteiger charge is -2.08. The number of benzene rings is 2. The Labute approximate surface area is 158 Å². The highest BCUT2D eigenvalue weighted by atomic mass is 16.2. The number of carbonyl (C=O) groups excluding carboxylic acids is 2. The zero-order valence-electron chi connectivity index (χ0n) is 15.1. The molecule has 0 unspecified atom stereocenters. The van der Waals surface area contributed by atoms with Gasteiger partial charge in [0.2, 0.25) is 5.91 Å². The molecule has 1 heterocycles. The number of carbonyl (C=O) groups is 2. The lowest BCUT2D eigenvalue weighted by atomic mass is 10.1. The third-order valence-corrected chi connectivity index (χ3v) is 4.42. The van der Waals surface area contributed by atoms with Crippen molar-refractivity contribution in [3.63, 3.8) is 0 Å². The number of aromatic amines is 1. The van der Waals surface area contributed by atoms with Gasteiger partial charge in [-0.1, -0.05) is 24.6 Å². The number of para-hydroxylation sites is 2. The highest BCUT2D eigenvalue weighted by Crippen LogP contribution is 2.17. The van der Waals surface area contributed by atoms with Crippen LogP contribution in [0, 0.1) is 0 Å². The highest BCUT2D eigenvalue weighted by Gasteiger charge is 2.07. The molecule has 0 radical (unpaired) electrons. The van der Waals surface area contributed by atoms with Gasteiger partial charge < -0.3 is 21.4 Å². The summed E-state index contributed by atoms with van der Waals surface area (Å²) >= 11 is 0. The minimum Gasteiger partial charge on any atom is -0.397 e. The molecule has 0 bridgehead atoms. The lowest BCUT2D eigenvalue weighted by Crippen LogP contribution is -2.24. The zero-order valence-corrected chi connectivity index (χ0v) is 15.1. The van der Waals surface area contributed by atoms with Gasteiger partial charge in [0.1, 0.15) is 0 Å². The van der Waals surface area contributed by atoms with Crippen LogP contribution in [0.15, 0.2) is 54.7 Å². The van der Waals surface area contributed by atoms with Gasteiger partial charge in [0.15, 0.2) is 0 Å². The molecule has 5 N–H and O–H groups in total. The third-order valence-electron chi connectivity index (χ3n) is 4.42. The fourth-order valence-electron chi connectivity index (χ4n) is 2.90. The fraction of sp³-hybridized carbons (Fsp3) is 0.238. The highest BCUT2D eigenvalue weighted by molar-refractivity contribution is 5.97. The third kappa shape index (κ3) is 5.10. The number of hydrogen-bond acceptors (Lipinski definition) is 3. The number of unbranched alkanes of at least 4 members (excludes halogenated alkanes) is 2. The van der Waals surface area contributed by atoms with Gasteiger partial charge in [0.05, 0.1) is 11.4 Å². The Balaban J connectivity index is 1.32. The van der Waals surface area contributed by atoms with Gasteiger partial charge in [-0.05, 0) is 48.6 Å². The molecule has 27 heavy (non-hydrogen) atoms. The Hall–Kier alpha value is -3.28. The number of hydrogen-bond donors (Lipinski definition) is 4. The summed E-state index contributed by atoms with van der Waals surface area (Å²) in [6.45, 7) is 0.592. The average Bonchev–Trinajstić information content (AvgIpc) is 3.14. The second-order valence-electron chi connectivity index (χ2n) is 6.48. The molecule has 0 aliphatic rings. The smallest absolute Gasteiger partial charge is 0.251 e. The van der Waals surface area contributed by atoms with Crippen LogP contribution in [0.4, 0.5) is 11.4 Å². The quantitative estimate of drug-likeness (QED) is 0.362. The molecule has 0 fully saturated rings. The zero-order chi connectivity index (χ0) is 19.1. The van der Waals surface area contributed by atoms with Crippen molar-refractivity contribution in [2.24, 2.45) is 0 Å². The van der Waals surface area contributed by atoms with Crippen molar-refractivity contribution in [3.05, 3.63) is 60.3 Å². The van der Waals surface area contributed by atoms with Crippen LogP contribution in [-0.4, -0.2) is 23.3 Å². The Kier molecular flexibility index (Phi) is 6.10. The summed E-state index contributed by atoms with van der Waals surface area (Å²) in [5.74, 6) is -0.125. The van der Waals surface area contributed by atoms with Crippen LogP contribution in [0.1, 0.15) is 36.0 Å². The number of fused-ring (bicyclic) bond motifs is 1. The molecule has 2 aromatic carbocycles. The van der Waals surface area contributed by atoms with Gasteiger partial charge in [-0.25, -0.2) is 0 Å². The fourth-order valence-corrected chi connectivity index (χ4v) is 2.90. The number of amides is 2. The first kappa shape index (κ1) is 18.5. The molecule has 3 rings (SSSR count). The van der Waals surface area contributed by atoms with E-state index < -0.39 is 0 Å². The number of nitrogens with one attached hydrogen (secondary N) is 3. The number of nitrogens with two attached hydrogens (primary N) is 1. The molecule has 0 aliphatic heterocycles. The van der Waals surface area contributed by atoms with Gasteiger partial charge in [-0.2, -0.15) is 0 Å². The largest absolute Gasteiger partial charge is 0.397 e. The first-order valence-corrected chi connectivity index (χ1v) is 9.13. The maximum atomic E-state index is 12.2. The summed E-state index contributed by atoms with van der Waals surface area (Å²) in [5.41, 5.74) is 8.61. The molecule has 1 aromatic heterocycles. The van der Waals surface area contributed by atoms with E-state index in [1.807, 2.05) is 42.6 Å². The minimum absolute atomic E-state index is 0.0452. The van der Waals surface area contributed by atoms with E-state index in [0.717, 1.165) is 30.2 Å². The van der Waals surface area contributed by atoms with Crippen molar-refractivity contribution in [2.45, 2.75) is 25.7 Å². The molecule has 0 aliphatic carbocycles. The van der Waals surface area contributed by atoms with E-state index in [4.69, 9.17) is 5.73 Å². The van der Waals surface area contributed by atoms with Gasteiger partial charge in [-0.15, -0.1) is 0 Å². The summed E-state index contributed by atoms with van der Waals surface area (Å²) in [5, 5.41) is 6.82. The summed E-state index contributed by atoms with van der Waals surface area (Å²) in [6.07, 6.45) is 4.76. The lowest BCUT2D eigenvalue weighted by molar-refractivity contribution is -0.116. The van der Waals surface area contributed by atoms with Crippen molar-refractivity contribution in [1.29, 1.82) is 0 Å². The second-order valence-corrected chi connectivity index (χ2v) is 6.48. The molecule has 2 amide bonds. The van der Waals surface area contributed by atoms with Crippen molar-refractivity contribution >= 4 is 34.1 Å². The van der Waals surface area contributed by atoms with Crippen LogP contribution >= 0.6 is 0 Å². The Bertz CT molecular complexity index is 933. The molecule has 6 nitrogen and oxygen atoms in total. The first-order chi connectivity index (χ1) is 13.1. The number of aromatic nitrogens is 1. The van der Waals surface area contributed by atoms with Crippen molar-refractivity contribution in [3.8, 4) is 0 Å². The van der Waals surface area contributed by atoms with E-state index in [1.165, 1.54) is 0 Å². The normalized spacial score (nSPS) is 10.7. The molecular formula is C21H24N4O2. The Morgan fingerprint density at radius 1 is 1.00 bits per heavy atom. The predicted octanol–water partition coefficient (Wildman–Crippen LogP) is 3.68. The number of anilines is 2. The van der Waals surface area contributed by atoms with E-state index in [0.29, 0.717) is 29.9 Å². The predicted molar refractivity (Wildman–Crippen MR) is 109 cm³/mol. The maximum absolute atomic E-state index is 12.2. The Morgan fingerprint density at radius 3 is 2.70 bits per heavy atom. The molecule has 140 valence electrons. The van der Waals surface area contributed by atoms with Crippen LogP contribution in [0.25, 0.3) is 10.9 Å². The van der Waals surface area contributed by atoms with Crippen LogP contribution in [0.2, 0.25) is 0 Å². The van der Waals surface area contributed by atoms with Gasteiger partial charge in [-0.3, -0.25) is 9.59 Å². The van der Waals surface area contributed by atoms with Crippen LogP contribution in [0.5, 0.6) is 0 Å². The van der Waals surface area contributed by atoms with Crippen molar-refractivity contribution < 1.29 is 9.59 Å². The van der Waals surface area contributed by atoms with Crippen LogP contribution in [0.3, 0.4) is 0 Å². The minimum atomic E-state index is -0.0798. The Morgan fingerprint density at radius 2 is 1.85 bits per heavy atom. The van der Waals surface area contributed by atoms with Crippen LogP contribution < -0.4 is 16.4 Å². The van der Waals surface area contributed by atoms with E-state index in [9.17, 15) is 9.59 Å². The van der Waals surface area contributed by atoms with E-state index in [-0.39, 0.29) is 11.8 Å².